The summed E-state index contributed by atoms with van der Waals surface area (Å²) in [6, 6.07) is 68.1. The lowest BCUT2D eigenvalue weighted by atomic mass is 9.91. The number of hydrogen-bond donors (Lipinski definition) is 0. The van der Waals surface area contributed by atoms with Gasteiger partial charge in [0, 0.05) is 36.7 Å². The molecule has 9 aromatic carbocycles. The van der Waals surface area contributed by atoms with Crippen LogP contribution < -0.4 is 4.90 Å². The van der Waals surface area contributed by atoms with Crippen molar-refractivity contribution >= 4 is 92.1 Å². The summed E-state index contributed by atoms with van der Waals surface area (Å²) in [5.41, 5.74) is 9.73. The number of hydrogen-bond acceptors (Lipinski definition) is 3. The lowest BCUT2D eigenvalue weighted by Gasteiger charge is -2.30. The molecule has 0 saturated heterocycles. The number of fused-ring (bicyclic) bond motifs is 9. The third-order valence-electron chi connectivity index (χ3n) is 10.7. The van der Waals surface area contributed by atoms with Crippen molar-refractivity contribution in [3.8, 4) is 22.3 Å². The fraction of sp³-hybridized carbons (Fsp3) is 0. The van der Waals surface area contributed by atoms with Gasteiger partial charge in [0.2, 0.25) is 0 Å². The first-order valence-electron chi connectivity index (χ1n) is 18.0. The van der Waals surface area contributed by atoms with Gasteiger partial charge < -0.3 is 9.32 Å². The van der Waals surface area contributed by atoms with Gasteiger partial charge in [0.25, 0.3) is 0 Å². The van der Waals surface area contributed by atoms with Crippen LogP contribution in [0, 0.1) is 0 Å². The van der Waals surface area contributed by atoms with Gasteiger partial charge in [0.05, 0.1) is 22.4 Å². The minimum atomic E-state index is 0.867. The molecule has 0 aliphatic carbocycles. The number of nitrogens with zero attached hydrogens (tertiary/aromatic N) is 1. The largest absolute Gasteiger partial charge is 0.456 e. The zero-order valence-corrected chi connectivity index (χ0v) is 29.5. The van der Waals surface area contributed by atoms with Gasteiger partial charge in [-0.05, 0) is 81.2 Å². The van der Waals surface area contributed by atoms with E-state index in [1.807, 2.05) is 17.4 Å². The van der Waals surface area contributed by atoms with E-state index in [-0.39, 0.29) is 0 Å². The molecular weight excluding hydrogens is 663 g/mol. The predicted octanol–water partition coefficient (Wildman–Crippen LogP) is 15.1. The van der Waals surface area contributed by atoms with Crippen molar-refractivity contribution in [1.82, 2.24) is 0 Å². The molecule has 0 N–H and O–H groups in total. The zero-order chi connectivity index (χ0) is 34.9. The van der Waals surface area contributed by atoms with Gasteiger partial charge in [0.1, 0.15) is 11.2 Å². The third-order valence-corrected chi connectivity index (χ3v) is 11.8. The SMILES string of the molecule is c1ccc(N(c2ccccc2-c2cc3ccccc3c3ccccc23)c2cccc3oc4ccccc4c23)c(-c2ccc3c(c2)sc2ccccc23)c1. The molecule has 0 bridgehead atoms. The molecule has 0 aliphatic heterocycles. The van der Waals surface area contributed by atoms with Gasteiger partial charge in [0.15, 0.2) is 0 Å². The summed E-state index contributed by atoms with van der Waals surface area (Å²) in [5.74, 6) is 0. The summed E-state index contributed by atoms with van der Waals surface area (Å²) in [6.07, 6.45) is 0. The number of thiophene rings is 1. The highest BCUT2D eigenvalue weighted by molar-refractivity contribution is 7.25. The standard InChI is InChI=1S/C50H31NOS/c1-2-15-34-32(14-1)30-42(37-18-4-3-17-36(34)37)38-19-6-10-23-44(38)51(45-24-13-26-47-50(45)41-21-7-11-25-46(41)52-47)43-22-9-5-16-35(43)33-28-29-40-39-20-8-12-27-48(39)53-49(40)31-33/h1-31H. The van der Waals surface area contributed by atoms with Crippen molar-refractivity contribution in [2.75, 3.05) is 4.90 Å². The average molecular weight is 694 g/mol. The molecular formula is C50H31NOS. The molecule has 53 heavy (non-hydrogen) atoms. The molecule has 3 heteroatoms. The molecule has 2 aromatic heterocycles. The van der Waals surface area contributed by atoms with Crippen molar-refractivity contribution in [1.29, 1.82) is 0 Å². The molecule has 0 saturated carbocycles. The van der Waals surface area contributed by atoms with Crippen LogP contribution in [0.5, 0.6) is 0 Å². The molecule has 11 aromatic rings. The number of rotatable bonds is 5. The van der Waals surface area contributed by atoms with Crippen LogP contribution in [-0.4, -0.2) is 0 Å². The highest BCUT2D eigenvalue weighted by Gasteiger charge is 2.25. The van der Waals surface area contributed by atoms with Gasteiger partial charge in [-0.25, -0.2) is 0 Å². The molecule has 0 spiro atoms. The van der Waals surface area contributed by atoms with Crippen LogP contribution in [0.1, 0.15) is 0 Å². The van der Waals surface area contributed by atoms with Gasteiger partial charge in [-0.1, -0.05) is 140 Å². The summed E-state index contributed by atoms with van der Waals surface area (Å²) < 4.78 is 9.10. The summed E-state index contributed by atoms with van der Waals surface area (Å²) in [7, 11) is 0. The Balaban J connectivity index is 1.22. The van der Waals surface area contributed by atoms with Crippen molar-refractivity contribution < 1.29 is 4.42 Å². The molecule has 0 amide bonds. The van der Waals surface area contributed by atoms with Crippen LogP contribution >= 0.6 is 11.3 Å². The van der Waals surface area contributed by atoms with E-state index >= 15 is 0 Å². The smallest absolute Gasteiger partial charge is 0.137 e. The van der Waals surface area contributed by atoms with Gasteiger partial charge in [-0.3, -0.25) is 0 Å². The Bertz CT molecular complexity index is 3200. The minimum absolute atomic E-state index is 0.867. The zero-order valence-electron chi connectivity index (χ0n) is 28.7. The second-order valence-electron chi connectivity index (χ2n) is 13.6. The Morgan fingerprint density at radius 1 is 0.358 bits per heavy atom. The summed E-state index contributed by atoms with van der Waals surface area (Å²) in [4.78, 5) is 2.47. The van der Waals surface area contributed by atoms with Crippen LogP contribution in [-0.2, 0) is 0 Å². The van der Waals surface area contributed by atoms with Crippen molar-refractivity contribution in [3.05, 3.63) is 188 Å². The first-order chi connectivity index (χ1) is 26.3. The number of benzene rings is 9. The van der Waals surface area contributed by atoms with Gasteiger partial charge in [-0.15, -0.1) is 11.3 Å². The molecule has 0 unspecified atom stereocenters. The number of furan rings is 1. The van der Waals surface area contributed by atoms with E-state index in [2.05, 4.69) is 187 Å². The molecule has 11 rings (SSSR count). The maximum absolute atomic E-state index is 6.50. The molecule has 0 aliphatic rings. The first kappa shape index (κ1) is 30.0. The monoisotopic (exact) mass is 693 g/mol. The summed E-state index contributed by atoms with van der Waals surface area (Å²) in [5, 5.41) is 9.77. The maximum atomic E-state index is 6.50. The van der Waals surface area contributed by atoms with E-state index in [4.69, 9.17) is 4.42 Å². The van der Waals surface area contributed by atoms with E-state index in [0.717, 1.165) is 50.1 Å². The highest BCUT2D eigenvalue weighted by Crippen LogP contribution is 2.50. The minimum Gasteiger partial charge on any atom is -0.456 e. The third kappa shape index (κ3) is 4.71. The molecule has 0 atom stereocenters. The van der Waals surface area contributed by atoms with Crippen LogP contribution in [0.4, 0.5) is 17.1 Å². The first-order valence-corrected chi connectivity index (χ1v) is 18.8. The highest BCUT2D eigenvalue weighted by atomic mass is 32.1. The predicted molar refractivity (Wildman–Crippen MR) is 227 cm³/mol. The lowest BCUT2D eigenvalue weighted by Crippen LogP contribution is -2.13. The quantitative estimate of drug-likeness (QED) is 0.167. The van der Waals surface area contributed by atoms with Crippen LogP contribution in [0.2, 0.25) is 0 Å². The number of para-hydroxylation sites is 3. The molecule has 248 valence electrons. The normalized spacial score (nSPS) is 11.8. The van der Waals surface area contributed by atoms with E-state index in [0.29, 0.717) is 0 Å². The molecule has 2 nitrogen and oxygen atoms in total. The Kier molecular flexibility index (Phi) is 6.76. The Morgan fingerprint density at radius 3 is 1.83 bits per heavy atom. The molecule has 0 radical (unpaired) electrons. The van der Waals surface area contributed by atoms with Crippen molar-refractivity contribution in [3.63, 3.8) is 0 Å². The lowest BCUT2D eigenvalue weighted by molar-refractivity contribution is 0.669. The molecule has 2 heterocycles. The Hall–Kier alpha value is -6.68. The van der Waals surface area contributed by atoms with E-state index in [9.17, 15) is 0 Å². The number of anilines is 3. The van der Waals surface area contributed by atoms with E-state index in [1.165, 1.54) is 52.8 Å². The van der Waals surface area contributed by atoms with Crippen molar-refractivity contribution in [2.45, 2.75) is 0 Å². The summed E-state index contributed by atoms with van der Waals surface area (Å²) >= 11 is 1.86. The average Bonchev–Trinajstić information content (AvgIpc) is 3.80. The van der Waals surface area contributed by atoms with Gasteiger partial charge in [-0.2, -0.15) is 0 Å². The fourth-order valence-electron chi connectivity index (χ4n) is 8.31. The second-order valence-corrected chi connectivity index (χ2v) is 14.7. The van der Waals surface area contributed by atoms with Crippen LogP contribution in [0.3, 0.4) is 0 Å². The summed E-state index contributed by atoms with van der Waals surface area (Å²) in [6.45, 7) is 0. The second kappa shape index (κ2) is 11.9. The Morgan fingerprint density at radius 2 is 0.962 bits per heavy atom. The van der Waals surface area contributed by atoms with Gasteiger partial charge >= 0.3 is 0 Å². The molecule has 0 fully saturated rings. The van der Waals surface area contributed by atoms with Crippen molar-refractivity contribution in [2.24, 2.45) is 0 Å². The van der Waals surface area contributed by atoms with E-state index < -0.39 is 0 Å². The van der Waals surface area contributed by atoms with Crippen LogP contribution in [0.15, 0.2) is 192 Å². The maximum Gasteiger partial charge on any atom is 0.137 e. The van der Waals surface area contributed by atoms with E-state index in [1.54, 1.807) is 0 Å². The Labute approximate surface area is 310 Å². The topological polar surface area (TPSA) is 16.4 Å². The fourth-order valence-corrected chi connectivity index (χ4v) is 9.46. The van der Waals surface area contributed by atoms with Crippen LogP contribution in [0.25, 0.3) is 85.9 Å².